The SMILES string of the molecule is O=C(O)CCOP(=O)(O)N[C@@H](CCC(=O)O)C(=O)O. The van der Waals surface area contributed by atoms with Crippen LogP contribution in [0.15, 0.2) is 0 Å². The second-order valence-corrected chi connectivity index (χ2v) is 5.01. The van der Waals surface area contributed by atoms with Crippen LogP contribution in [0.25, 0.3) is 0 Å². The lowest BCUT2D eigenvalue weighted by Gasteiger charge is -2.18. The first-order chi connectivity index (χ1) is 8.64. The van der Waals surface area contributed by atoms with Gasteiger partial charge in [-0.1, -0.05) is 0 Å². The molecule has 0 aliphatic rings. The van der Waals surface area contributed by atoms with Crippen molar-refractivity contribution < 1.29 is 43.7 Å². The molecule has 10 nitrogen and oxygen atoms in total. The van der Waals surface area contributed by atoms with Gasteiger partial charge in [-0.25, -0.2) is 9.65 Å². The van der Waals surface area contributed by atoms with Gasteiger partial charge in [-0.2, -0.15) is 0 Å². The first kappa shape index (κ1) is 17.5. The van der Waals surface area contributed by atoms with Crippen molar-refractivity contribution in [2.75, 3.05) is 6.61 Å². The fraction of sp³-hybridized carbons (Fsp3) is 0.625. The van der Waals surface area contributed by atoms with E-state index in [1.54, 1.807) is 5.09 Å². The minimum atomic E-state index is -4.51. The van der Waals surface area contributed by atoms with Gasteiger partial charge >= 0.3 is 25.7 Å². The highest BCUT2D eigenvalue weighted by Crippen LogP contribution is 2.37. The highest BCUT2D eigenvalue weighted by Gasteiger charge is 2.29. The summed E-state index contributed by atoms with van der Waals surface area (Å²) in [5.41, 5.74) is 0. The molecule has 5 N–H and O–H groups in total. The number of carboxylic acid groups (broad SMARTS) is 3. The van der Waals surface area contributed by atoms with Crippen LogP contribution < -0.4 is 5.09 Å². The quantitative estimate of drug-likeness (QED) is 0.331. The molecule has 11 heteroatoms. The van der Waals surface area contributed by atoms with Crippen LogP contribution in [0.3, 0.4) is 0 Å². The van der Waals surface area contributed by atoms with Gasteiger partial charge in [0, 0.05) is 6.42 Å². The summed E-state index contributed by atoms with van der Waals surface area (Å²) in [6, 6.07) is -1.59. The molecule has 0 aromatic carbocycles. The number of hydrogen-bond acceptors (Lipinski definition) is 5. The molecule has 0 heterocycles. The van der Waals surface area contributed by atoms with E-state index >= 15 is 0 Å². The van der Waals surface area contributed by atoms with Gasteiger partial charge in [0.25, 0.3) is 0 Å². The van der Waals surface area contributed by atoms with Crippen molar-refractivity contribution in [1.29, 1.82) is 0 Å². The van der Waals surface area contributed by atoms with Gasteiger partial charge in [-0.15, -0.1) is 0 Å². The Balaban J connectivity index is 4.38. The molecule has 0 bridgehead atoms. The molecule has 0 radical (unpaired) electrons. The van der Waals surface area contributed by atoms with Crippen molar-refractivity contribution >= 4 is 25.7 Å². The molecule has 0 amide bonds. The van der Waals surface area contributed by atoms with E-state index in [-0.39, 0.29) is 0 Å². The molecule has 0 aromatic rings. The summed E-state index contributed by atoms with van der Waals surface area (Å²) in [7, 11) is -4.51. The Bertz CT molecular complexity index is 396. The Morgan fingerprint density at radius 2 is 1.63 bits per heavy atom. The van der Waals surface area contributed by atoms with Crippen molar-refractivity contribution in [1.82, 2.24) is 5.09 Å². The molecule has 110 valence electrons. The lowest BCUT2D eigenvalue weighted by atomic mass is 10.2. The molecule has 0 saturated heterocycles. The van der Waals surface area contributed by atoms with Crippen LogP contribution in [-0.4, -0.2) is 50.8 Å². The van der Waals surface area contributed by atoms with Gasteiger partial charge in [-0.05, 0) is 6.42 Å². The van der Waals surface area contributed by atoms with Crippen molar-refractivity contribution in [2.24, 2.45) is 0 Å². The summed E-state index contributed by atoms with van der Waals surface area (Å²) in [5.74, 6) is -4.02. The lowest BCUT2D eigenvalue weighted by Crippen LogP contribution is -2.35. The van der Waals surface area contributed by atoms with Crippen LogP contribution in [0, 0.1) is 0 Å². The average molecular weight is 299 g/mol. The fourth-order valence-corrected chi connectivity index (χ4v) is 2.05. The first-order valence-electron chi connectivity index (χ1n) is 5.05. The van der Waals surface area contributed by atoms with Gasteiger partial charge in [0.2, 0.25) is 0 Å². The zero-order valence-corrected chi connectivity index (χ0v) is 10.6. The Morgan fingerprint density at radius 1 is 1.11 bits per heavy atom. The largest absolute Gasteiger partial charge is 0.481 e. The van der Waals surface area contributed by atoms with E-state index < -0.39 is 57.6 Å². The lowest BCUT2D eigenvalue weighted by molar-refractivity contribution is -0.141. The van der Waals surface area contributed by atoms with Crippen molar-refractivity contribution in [3.05, 3.63) is 0 Å². The van der Waals surface area contributed by atoms with Crippen LogP contribution in [0.1, 0.15) is 19.3 Å². The third kappa shape index (κ3) is 9.14. The summed E-state index contributed by atoms with van der Waals surface area (Å²) in [5, 5.41) is 27.2. The third-order valence-electron chi connectivity index (χ3n) is 1.85. The summed E-state index contributed by atoms with van der Waals surface area (Å²) in [6.45, 7) is -0.582. The minimum Gasteiger partial charge on any atom is -0.481 e. The number of rotatable bonds is 10. The normalized spacial score (nSPS) is 15.4. The zero-order valence-electron chi connectivity index (χ0n) is 9.68. The summed E-state index contributed by atoms with van der Waals surface area (Å²) < 4.78 is 15.7. The highest BCUT2D eigenvalue weighted by atomic mass is 31.2. The molecule has 0 saturated carbocycles. The van der Waals surface area contributed by atoms with Crippen LogP contribution >= 0.6 is 7.75 Å². The molecule has 0 rings (SSSR count). The molecule has 2 atom stereocenters. The topological polar surface area (TPSA) is 170 Å². The van der Waals surface area contributed by atoms with Gasteiger partial charge in [-0.3, -0.25) is 18.9 Å². The van der Waals surface area contributed by atoms with Crippen molar-refractivity contribution in [3.63, 3.8) is 0 Å². The van der Waals surface area contributed by atoms with E-state index in [0.29, 0.717) is 0 Å². The summed E-state index contributed by atoms with van der Waals surface area (Å²) in [6.07, 6.45) is -1.46. The minimum absolute atomic E-state index is 0.419. The second-order valence-electron chi connectivity index (χ2n) is 3.45. The zero-order chi connectivity index (χ0) is 15.1. The van der Waals surface area contributed by atoms with Crippen LogP contribution in [-0.2, 0) is 23.5 Å². The molecular weight excluding hydrogens is 285 g/mol. The standard InChI is InChI=1S/C8H14NO9P/c10-6(11)2-1-5(8(14)15)9-19(16,17)18-4-3-7(12)13/h5H,1-4H2,(H,10,11)(H,12,13)(H,14,15)(H2,9,16,17)/t5-/m0/s1. The Labute approximate surface area is 107 Å². The predicted octanol–water partition coefficient (Wildman–Crippen LogP) is -0.514. The molecular formula is C8H14NO9P. The summed E-state index contributed by atoms with van der Waals surface area (Å²) >= 11 is 0. The molecule has 19 heavy (non-hydrogen) atoms. The van der Waals surface area contributed by atoms with Crippen LogP contribution in [0.2, 0.25) is 0 Å². The molecule has 0 aromatic heterocycles. The van der Waals surface area contributed by atoms with E-state index in [1.807, 2.05) is 0 Å². The smallest absolute Gasteiger partial charge is 0.403 e. The van der Waals surface area contributed by atoms with Crippen molar-refractivity contribution in [2.45, 2.75) is 25.3 Å². The van der Waals surface area contributed by atoms with Gasteiger partial charge in [0.1, 0.15) is 6.04 Å². The van der Waals surface area contributed by atoms with E-state index in [0.717, 1.165) is 0 Å². The predicted molar refractivity (Wildman–Crippen MR) is 59.5 cm³/mol. The second kappa shape index (κ2) is 7.85. The van der Waals surface area contributed by atoms with Gasteiger partial charge < -0.3 is 20.2 Å². The fourth-order valence-electron chi connectivity index (χ4n) is 1.00. The van der Waals surface area contributed by atoms with Crippen LogP contribution in [0.4, 0.5) is 0 Å². The maximum absolute atomic E-state index is 11.4. The van der Waals surface area contributed by atoms with Crippen molar-refractivity contribution in [3.8, 4) is 0 Å². The highest BCUT2D eigenvalue weighted by molar-refractivity contribution is 7.50. The maximum atomic E-state index is 11.4. The molecule has 0 aliphatic carbocycles. The number of carboxylic acids is 3. The maximum Gasteiger partial charge on any atom is 0.403 e. The molecule has 0 spiro atoms. The van der Waals surface area contributed by atoms with Gasteiger partial charge in [0.15, 0.2) is 0 Å². The van der Waals surface area contributed by atoms with E-state index in [4.69, 9.17) is 15.3 Å². The Kier molecular flexibility index (Phi) is 7.23. The van der Waals surface area contributed by atoms with Gasteiger partial charge in [0.05, 0.1) is 13.0 Å². The summed E-state index contributed by atoms with van der Waals surface area (Å²) in [4.78, 5) is 40.4. The third-order valence-corrected chi connectivity index (χ3v) is 3.02. The average Bonchev–Trinajstić information content (AvgIpc) is 2.22. The molecule has 0 aliphatic heterocycles. The number of aliphatic carboxylic acids is 3. The number of hydrogen-bond donors (Lipinski definition) is 5. The first-order valence-corrected chi connectivity index (χ1v) is 6.63. The van der Waals surface area contributed by atoms with E-state index in [1.165, 1.54) is 0 Å². The van der Waals surface area contributed by atoms with E-state index in [2.05, 4.69) is 4.52 Å². The molecule has 0 fully saturated rings. The monoisotopic (exact) mass is 299 g/mol. The van der Waals surface area contributed by atoms with Crippen LogP contribution in [0.5, 0.6) is 0 Å². The Morgan fingerprint density at radius 3 is 2.05 bits per heavy atom. The van der Waals surface area contributed by atoms with E-state index in [9.17, 15) is 23.8 Å². The molecule has 1 unspecified atom stereocenters. The Hall–Kier alpha value is -1.48. The number of nitrogens with one attached hydrogen (secondary N) is 1. The number of carbonyl (C=O) groups is 3.